The molecule has 4 heterocycles. The van der Waals surface area contributed by atoms with Gasteiger partial charge in [-0.1, -0.05) is 18.2 Å². The Morgan fingerprint density at radius 3 is 2.75 bits per heavy atom. The highest BCUT2D eigenvalue weighted by Gasteiger charge is 2.27. The van der Waals surface area contributed by atoms with Crippen LogP contribution < -0.4 is 10.5 Å². The van der Waals surface area contributed by atoms with Gasteiger partial charge in [0, 0.05) is 43.0 Å². The number of hydrogen-bond donors (Lipinski definition) is 1. The molecule has 1 aliphatic rings. The highest BCUT2D eigenvalue weighted by atomic mass is 35.5. The van der Waals surface area contributed by atoms with Crippen molar-refractivity contribution in [2.45, 2.75) is 18.9 Å². The highest BCUT2D eigenvalue weighted by molar-refractivity contribution is 6.32. The van der Waals surface area contributed by atoms with Crippen molar-refractivity contribution < 1.29 is 13.9 Å². The summed E-state index contributed by atoms with van der Waals surface area (Å²) in [6, 6.07) is 2.90. The van der Waals surface area contributed by atoms with E-state index in [1.54, 1.807) is 17.2 Å². The number of halogens is 2. The number of fused-ring (bicyclic) bond motifs is 1. The summed E-state index contributed by atoms with van der Waals surface area (Å²) in [5.41, 5.74) is 9.08. The fourth-order valence-corrected chi connectivity index (χ4v) is 5.12. The number of rotatable bonds is 5. The van der Waals surface area contributed by atoms with Crippen molar-refractivity contribution in [3.05, 3.63) is 54.3 Å². The number of carbonyl (C=O) groups excluding carboxylic acids is 1. The van der Waals surface area contributed by atoms with Crippen LogP contribution in [0.25, 0.3) is 33.4 Å². The number of benzene rings is 1. The van der Waals surface area contributed by atoms with Crippen LogP contribution in [0, 0.1) is 5.82 Å². The first-order chi connectivity index (χ1) is 17.3. The van der Waals surface area contributed by atoms with E-state index in [0.717, 1.165) is 18.4 Å². The Hall–Kier alpha value is -3.92. The maximum Gasteiger partial charge on any atom is 0.245 e. The van der Waals surface area contributed by atoms with Crippen LogP contribution in [0.3, 0.4) is 0 Å². The van der Waals surface area contributed by atoms with Gasteiger partial charge in [0.1, 0.15) is 29.4 Å². The van der Waals surface area contributed by atoms with Crippen molar-refractivity contribution in [1.82, 2.24) is 29.2 Å². The van der Waals surface area contributed by atoms with Crippen molar-refractivity contribution in [2.24, 2.45) is 7.05 Å². The van der Waals surface area contributed by atoms with Gasteiger partial charge in [-0.3, -0.25) is 9.48 Å². The number of nitrogen functional groups attached to an aromatic ring is 1. The minimum atomic E-state index is -0.524. The number of nitrogens with zero attached hydrogens (tertiary/aromatic N) is 6. The molecule has 36 heavy (non-hydrogen) atoms. The van der Waals surface area contributed by atoms with Gasteiger partial charge in [0.05, 0.1) is 35.5 Å². The van der Waals surface area contributed by atoms with E-state index in [1.165, 1.54) is 25.6 Å². The van der Waals surface area contributed by atoms with Crippen molar-refractivity contribution in [1.29, 1.82) is 0 Å². The third-order valence-electron chi connectivity index (χ3n) is 6.71. The summed E-state index contributed by atoms with van der Waals surface area (Å²) in [5, 5.41) is 5.31. The highest BCUT2D eigenvalue weighted by Crippen LogP contribution is 2.44. The number of amides is 1. The van der Waals surface area contributed by atoms with Gasteiger partial charge in [-0.25, -0.2) is 14.4 Å². The molecule has 1 saturated heterocycles. The van der Waals surface area contributed by atoms with Crippen LogP contribution in [0.4, 0.5) is 10.2 Å². The van der Waals surface area contributed by atoms with E-state index in [9.17, 15) is 4.79 Å². The van der Waals surface area contributed by atoms with Gasteiger partial charge in [0.25, 0.3) is 0 Å². The van der Waals surface area contributed by atoms with E-state index >= 15 is 4.39 Å². The molecule has 1 aromatic carbocycles. The van der Waals surface area contributed by atoms with Gasteiger partial charge < -0.3 is 19.9 Å². The maximum atomic E-state index is 15.4. The number of piperidine rings is 1. The van der Waals surface area contributed by atoms with E-state index in [4.69, 9.17) is 22.1 Å². The summed E-state index contributed by atoms with van der Waals surface area (Å²) in [7, 11) is 3.32. The molecule has 1 amide bonds. The normalized spacial score (nSPS) is 14.4. The molecule has 0 saturated carbocycles. The van der Waals surface area contributed by atoms with Crippen molar-refractivity contribution in [3.63, 3.8) is 0 Å². The lowest BCUT2D eigenvalue weighted by atomic mass is 9.99. The number of methoxy groups -OCH3 is 1. The second-order valence-electron chi connectivity index (χ2n) is 8.68. The van der Waals surface area contributed by atoms with Crippen LogP contribution in [0.2, 0.25) is 5.02 Å². The molecule has 0 bridgehead atoms. The lowest BCUT2D eigenvalue weighted by molar-refractivity contribution is -0.127. The molecule has 0 radical (unpaired) electrons. The number of aromatic nitrogens is 5. The number of carbonyl (C=O) groups is 1. The molecule has 5 rings (SSSR count). The Morgan fingerprint density at radius 1 is 1.31 bits per heavy atom. The Balaban J connectivity index is 1.63. The molecule has 0 aliphatic carbocycles. The molecule has 1 aliphatic heterocycles. The third-order valence-corrected chi connectivity index (χ3v) is 7.00. The molecule has 186 valence electrons. The van der Waals surface area contributed by atoms with Crippen LogP contribution in [-0.4, -0.2) is 55.3 Å². The summed E-state index contributed by atoms with van der Waals surface area (Å²) in [5.74, 6) is -0.0156. The number of ether oxygens (including phenoxy) is 1. The van der Waals surface area contributed by atoms with E-state index in [2.05, 4.69) is 21.6 Å². The molecule has 4 aromatic rings. The summed E-state index contributed by atoms with van der Waals surface area (Å²) in [6.07, 6.45) is 7.93. The Labute approximate surface area is 211 Å². The standard InChI is InChI=1S/C25H25ClFN7O2/c1-4-20(35)33-7-5-15(6-8-33)34-12-14(11-31-34)23-21(16-9-19(36-3)17(26)10-18(16)27)22-24(28)29-13-30-25(22)32(23)2/h4,9-13,15H,1,5-8H2,2-3H3,(H2,28,29,30). The molecular formula is C25H25ClFN7O2. The molecule has 9 nitrogen and oxygen atoms in total. The van der Waals surface area contributed by atoms with Crippen molar-refractivity contribution >= 4 is 34.4 Å². The summed E-state index contributed by atoms with van der Waals surface area (Å²) >= 11 is 6.17. The fraction of sp³-hybridized carbons (Fsp3) is 0.280. The topological polar surface area (TPSA) is 104 Å². The SMILES string of the molecule is C=CC(=O)N1CCC(n2cc(-c3c(-c4cc(OC)c(Cl)cc4F)c4c(N)ncnc4n3C)cn2)CC1. The van der Waals surface area contributed by atoms with E-state index in [0.29, 0.717) is 41.1 Å². The number of nitrogens with two attached hydrogens (primary N) is 1. The largest absolute Gasteiger partial charge is 0.495 e. The molecule has 0 atom stereocenters. The van der Waals surface area contributed by atoms with Crippen LogP contribution >= 0.6 is 11.6 Å². The van der Waals surface area contributed by atoms with Gasteiger partial charge >= 0.3 is 0 Å². The Bertz CT molecular complexity index is 1490. The number of hydrogen-bond acceptors (Lipinski definition) is 6. The first-order valence-corrected chi connectivity index (χ1v) is 11.8. The molecule has 2 N–H and O–H groups in total. The van der Waals surface area contributed by atoms with E-state index in [1.807, 2.05) is 22.5 Å². The molecule has 0 spiro atoms. The fourth-order valence-electron chi connectivity index (χ4n) is 4.89. The lowest BCUT2D eigenvalue weighted by Crippen LogP contribution is -2.38. The maximum absolute atomic E-state index is 15.4. The molecule has 0 unspecified atom stereocenters. The second kappa shape index (κ2) is 9.27. The number of anilines is 1. The molecule has 3 aromatic heterocycles. The number of likely N-dealkylation sites (tertiary alicyclic amines) is 1. The average molecular weight is 510 g/mol. The van der Waals surface area contributed by atoms with Crippen LogP contribution in [0.15, 0.2) is 43.5 Å². The number of aryl methyl sites for hydroxylation is 1. The van der Waals surface area contributed by atoms with Crippen molar-refractivity contribution in [2.75, 3.05) is 25.9 Å². The Kier molecular flexibility index (Phi) is 6.13. The summed E-state index contributed by atoms with van der Waals surface area (Å²) in [6.45, 7) is 4.83. The third kappa shape index (κ3) is 3.87. The smallest absolute Gasteiger partial charge is 0.245 e. The van der Waals surface area contributed by atoms with Crippen LogP contribution in [-0.2, 0) is 11.8 Å². The van der Waals surface area contributed by atoms with Gasteiger partial charge in [-0.05, 0) is 31.1 Å². The first kappa shape index (κ1) is 23.8. The van der Waals surface area contributed by atoms with Gasteiger partial charge in [-0.2, -0.15) is 5.10 Å². The Morgan fingerprint density at radius 2 is 2.06 bits per heavy atom. The van der Waals surface area contributed by atoms with Gasteiger partial charge in [-0.15, -0.1) is 0 Å². The van der Waals surface area contributed by atoms with Crippen molar-refractivity contribution in [3.8, 4) is 28.1 Å². The van der Waals surface area contributed by atoms with Crippen LogP contribution in [0.5, 0.6) is 5.75 Å². The average Bonchev–Trinajstić information content (AvgIpc) is 3.47. The summed E-state index contributed by atoms with van der Waals surface area (Å²) in [4.78, 5) is 22.3. The van der Waals surface area contributed by atoms with E-state index in [-0.39, 0.29) is 28.4 Å². The van der Waals surface area contributed by atoms with Gasteiger partial charge in [0.2, 0.25) is 5.91 Å². The lowest BCUT2D eigenvalue weighted by Gasteiger charge is -2.31. The monoisotopic (exact) mass is 509 g/mol. The zero-order valence-corrected chi connectivity index (χ0v) is 20.7. The molecule has 1 fully saturated rings. The van der Waals surface area contributed by atoms with Gasteiger partial charge in [0.15, 0.2) is 0 Å². The van der Waals surface area contributed by atoms with E-state index < -0.39 is 5.82 Å². The zero-order valence-electron chi connectivity index (χ0n) is 19.9. The molecule has 11 heteroatoms. The second-order valence-corrected chi connectivity index (χ2v) is 9.08. The minimum Gasteiger partial charge on any atom is -0.495 e. The predicted octanol–water partition coefficient (Wildman–Crippen LogP) is 4.23. The zero-order chi connectivity index (χ0) is 25.6. The summed E-state index contributed by atoms with van der Waals surface area (Å²) < 4.78 is 24.5. The van der Waals surface area contributed by atoms with Crippen LogP contribution in [0.1, 0.15) is 18.9 Å². The quantitative estimate of drug-likeness (QED) is 0.404. The minimum absolute atomic E-state index is 0.0612. The predicted molar refractivity (Wildman–Crippen MR) is 136 cm³/mol. The molecular weight excluding hydrogens is 485 g/mol. The first-order valence-electron chi connectivity index (χ1n) is 11.4.